The Bertz CT molecular complexity index is 854. The van der Waals surface area contributed by atoms with Gasteiger partial charge >= 0.3 is 0 Å². The highest BCUT2D eigenvalue weighted by Crippen LogP contribution is 2.32. The summed E-state index contributed by atoms with van der Waals surface area (Å²) in [5, 5.41) is 96.7. The van der Waals surface area contributed by atoms with Gasteiger partial charge in [-0.15, -0.1) is 0 Å². The third kappa shape index (κ3) is 7.05. The molecule has 3 heterocycles. The lowest BCUT2D eigenvalue weighted by Crippen LogP contribution is -2.69. The molecule has 3 rings (SSSR count). The summed E-state index contributed by atoms with van der Waals surface area (Å²) < 4.78 is 27.7. The van der Waals surface area contributed by atoms with Gasteiger partial charge in [-0.2, -0.15) is 0 Å². The molecule has 0 aromatic carbocycles. The number of ether oxygens (including phenoxy) is 5. The quantitative estimate of drug-likeness (QED) is 0.120. The van der Waals surface area contributed by atoms with Crippen molar-refractivity contribution in [2.45, 2.75) is 106 Å². The minimum absolute atomic E-state index is 0.649. The van der Waals surface area contributed by atoms with Gasteiger partial charge in [-0.3, -0.25) is 9.59 Å². The predicted octanol–water partition coefficient (Wildman–Crippen LogP) is -7.29. The van der Waals surface area contributed by atoms with Gasteiger partial charge < -0.3 is 80.3 Å². The van der Waals surface area contributed by atoms with Crippen LogP contribution in [0.15, 0.2) is 0 Å². The van der Waals surface area contributed by atoms with Gasteiger partial charge in [0.05, 0.1) is 19.8 Å². The van der Waals surface area contributed by atoms with Crippen molar-refractivity contribution in [3.63, 3.8) is 0 Å². The normalized spacial score (nSPS) is 46.0. The first-order chi connectivity index (χ1) is 18.8. The first kappa shape index (κ1) is 32.9. The van der Waals surface area contributed by atoms with Crippen LogP contribution in [0.3, 0.4) is 0 Å². The zero-order valence-electron chi connectivity index (χ0n) is 21.7. The summed E-state index contributed by atoms with van der Waals surface area (Å²) in [5.74, 6) is -1.31. The van der Waals surface area contributed by atoms with E-state index in [-0.39, 0.29) is 0 Å². The molecule has 0 aliphatic carbocycles. The molecule has 11 N–H and O–H groups in total. The summed E-state index contributed by atoms with van der Waals surface area (Å²) in [4.78, 5) is 23.4. The van der Waals surface area contributed by atoms with Crippen LogP contribution in [-0.4, -0.2) is 170 Å². The van der Waals surface area contributed by atoms with E-state index in [4.69, 9.17) is 23.7 Å². The van der Waals surface area contributed by atoms with Gasteiger partial charge in [0.1, 0.15) is 73.1 Å². The number of aliphatic hydroxyl groups excluding tert-OH is 9. The fraction of sp³-hybridized carbons (Fsp3) is 0.909. The number of amides is 2. The molecule has 2 amide bonds. The highest BCUT2D eigenvalue weighted by atomic mass is 16.7. The van der Waals surface area contributed by atoms with Crippen LogP contribution in [0.1, 0.15) is 13.8 Å². The molecule has 0 aromatic heterocycles. The third-order valence-electron chi connectivity index (χ3n) is 6.90. The SMILES string of the molecule is CC(=O)N[C@H]1[C@H](O[C@H]2[C@H](O)[C@H](O[C@@H]3O[C@H](CO)[C@@H](O)[C@H](O)[C@H]3NC(C)=O)C(O)O[C@@H]2CO)O[C@H](CO)[C@@H](O)[C@@H]1O. The van der Waals surface area contributed by atoms with Crippen LogP contribution < -0.4 is 10.6 Å². The second-order valence-electron chi connectivity index (χ2n) is 9.81. The van der Waals surface area contributed by atoms with Crippen molar-refractivity contribution >= 4 is 11.8 Å². The van der Waals surface area contributed by atoms with Crippen molar-refractivity contribution < 1.29 is 79.2 Å². The second kappa shape index (κ2) is 14.0. The van der Waals surface area contributed by atoms with E-state index in [1.807, 2.05) is 0 Å². The van der Waals surface area contributed by atoms with Crippen LogP contribution in [0.5, 0.6) is 0 Å². The molecule has 0 radical (unpaired) electrons. The van der Waals surface area contributed by atoms with Gasteiger partial charge in [0.25, 0.3) is 0 Å². The van der Waals surface area contributed by atoms with Crippen LogP contribution >= 0.6 is 0 Å². The molecule has 0 bridgehead atoms. The van der Waals surface area contributed by atoms with Crippen LogP contribution in [-0.2, 0) is 33.3 Å². The fourth-order valence-electron chi connectivity index (χ4n) is 4.86. The fourth-order valence-corrected chi connectivity index (χ4v) is 4.86. The highest BCUT2D eigenvalue weighted by Gasteiger charge is 2.54. The van der Waals surface area contributed by atoms with Crippen molar-refractivity contribution in [3.8, 4) is 0 Å². The molecule has 3 aliphatic rings. The molecule has 0 saturated carbocycles. The molecule has 0 spiro atoms. The maximum Gasteiger partial charge on any atom is 0.217 e. The molecular formula is C22H38N2O16. The van der Waals surface area contributed by atoms with E-state index in [1.165, 1.54) is 0 Å². The number of hydrogen-bond acceptors (Lipinski definition) is 16. The van der Waals surface area contributed by atoms with Gasteiger partial charge in [0.2, 0.25) is 11.8 Å². The number of rotatable bonds is 9. The number of hydrogen-bond donors (Lipinski definition) is 11. The molecule has 0 aromatic rings. The van der Waals surface area contributed by atoms with E-state index in [9.17, 15) is 55.5 Å². The average Bonchev–Trinajstić information content (AvgIpc) is 2.90. The van der Waals surface area contributed by atoms with Crippen molar-refractivity contribution in [1.29, 1.82) is 0 Å². The van der Waals surface area contributed by atoms with E-state index in [1.54, 1.807) is 0 Å². The largest absolute Gasteiger partial charge is 0.394 e. The third-order valence-corrected chi connectivity index (χ3v) is 6.90. The van der Waals surface area contributed by atoms with E-state index in [0.29, 0.717) is 0 Å². The molecular weight excluding hydrogens is 548 g/mol. The Balaban J connectivity index is 1.86. The minimum Gasteiger partial charge on any atom is -0.394 e. The predicted molar refractivity (Wildman–Crippen MR) is 124 cm³/mol. The highest BCUT2D eigenvalue weighted by molar-refractivity contribution is 5.73. The summed E-state index contributed by atoms with van der Waals surface area (Å²) in [5.41, 5.74) is 0. The van der Waals surface area contributed by atoms with E-state index in [0.717, 1.165) is 13.8 Å². The van der Waals surface area contributed by atoms with Gasteiger partial charge in [-0.25, -0.2) is 0 Å². The number of carbonyl (C=O) groups is 2. The van der Waals surface area contributed by atoms with Crippen LogP contribution in [0.4, 0.5) is 0 Å². The second-order valence-corrected chi connectivity index (χ2v) is 9.81. The lowest BCUT2D eigenvalue weighted by Gasteiger charge is -2.49. The Morgan fingerprint density at radius 2 is 1.00 bits per heavy atom. The zero-order valence-corrected chi connectivity index (χ0v) is 21.7. The molecule has 3 aliphatic heterocycles. The van der Waals surface area contributed by atoms with Crippen LogP contribution in [0.25, 0.3) is 0 Å². The van der Waals surface area contributed by atoms with E-state index >= 15 is 0 Å². The summed E-state index contributed by atoms with van der Waals surface area (Å²) >= 11 is 0. The summed E-state index contributed by atoms with van der Waals surface area (Å²) in [7, 11) is 0. The van der Waals surface area contributed by atoms with Gasteiger partial charge in [-0.1, -0.05) is 0 Å². The lowest BCUT2D eigenvalue weighted by atomic mass is 9.94. The average molecular weight is 587 g/mol. The van der Waals surface area contributed by atoms with E-state index < -0.39 is 124 Å². The molecule has 15 atom stereocenters. The summed E-state index contributed by atoms with van der Waals surface area (Å²) in [6.07, 6.45) is -21.3. The number of aliphatic hydroxyl groups is 9. The topological polar surface area (TPSA) is 286 Å². The Morgan fingerprint density at radius 3 is 1.38 bits per heavy atom. The number of nitrogens with one attached hydrogen (secondary N) is 2. The van der Waals surface area contributed by atoms with Crippen molar-refractivity contribution in [2.24, 2.45) is 0 Å². The van der Waals surface area contributed by atoms with E-state index in [2.05, 4.69) is 10.6 Å². The molecule has 3 saturated heterocycles. The summed E-state index contributed by atoms with van der Waals surface area (Å²) in [6.45, 7) is -0.114. The molecule has 18 heteroatoms. The maximum absolute atomic E-state index is 11.7. The van der Waals surface area contributed by atoms with Crippen LogP contribution in [0, 0.1) is 0 Å². The van der Waals surface area contributed by atoms with Crippen LogP contribution in [0.2, 0.25) is 0 Å². The standard InChI is InChI=1S/C22H38N2O16/c1-6(28)23-11-15(32)13(30)8(3-25)37-21(11)39-18-10(5-27)36-20(35)19(17(18)34)40-22-12(24-7(2)29)16(33)14(31)9(4-26)38-22/h8-22,25-27,30-35H,3-5H2,1-2H3,(H,23,28)(H,24,29)/t8-,9-,10-,11-,12-,13-,14-,15-,16-,17+,18-,19+,20?,21+,22+/m1/s1. The molecule has 1 unspecified atom stereocenters. The monoisotopic (exact) mass is 586 g/mol. The molecule has 18 nitrogen and oxygen atoms in total. The molecule has 3 fully saturated rings. The number of carbonyl (C=O) groups excluding carboxylic acids is 2. The van der Waals surface area contributed by atoms with Crippen molar-refractivity contribution in [2.75, 3.05) is 19.8 Å². The lowest BCUT2D eigenvalue weighted by molar-refractivity contribution is -0.369. The van der Waals surface area contributed by atoms with Crippen molar-refractivity contribution in [3.05, 3.63) is 0 Å². The smallest absolute Gasteiger partial charge is 0.217 e. The Labute approximate surface area is 228 Å². The molecule has 40 heavy (non-hydrogen) atoms. The minimum atomic E-state index is -1.94. The van der Waals surface area contributed by atoms with Gasteiger partial charge in [0, 0.05) is 13.8 Å². The first-order valence-electron chi connectivity index (χ1n) is 12.6. The van der Waals surface area contributed by atoms with Gasteiger partial charge in [-0.05, 0) is 0 Å². The Kier molecular flexibility index (Phi) is 11.5. The Morgan fingerprint density at radius 1 is 0.600 bits per heavy atom. The first-order valence-corrected chi connectivity index (χ1v) is 12.6. The zero-order chi connectivity index (χ0) is 29.9. The van der Waals surface area contributed by atoms with Crippen molar-refractivity contribution in [1.82, 2.24) is 10.6 Å². The van der Waals surface area contributed by atoms with Gasteiger partial charge in [0.15, 0.2) is 18.9 Å². The summed E-state index contributed by atoms with van der Waals surface area (Å²) in [6, 6.07) is -2.85. The molecule has 232 valence electrons. The maximum atomic E-state index is 11.7. The Hall–Kier alpha value is -1.62.